The first kappa shape index (κ1) is 18.2. The van der Waals surface area contributed by atoms with Gasteiger partial charge in [0.1, 0.15) is 0 Å². The zero-order valence-electron chi connectivity index (χ0n) is 16.2. The number of nitrogens with one attached hydrogen (secondary N) is 1. The van der Waals surface area contributed by atoms with Gasteiger partial charge in [0, 0.05) is 24.5 Å². The molecule has 2 aromatic rings. The Morgan fingerprint density at radius 1 is 1.04 bits per heavy atom. The van der Waals surface area contributed by atoms with Crippen molar-refractivity contribution in [3.63, 3.8) is 0 Å². The molecule has 0 aliphatic carbocycles. The Hall–Kier alpha value is -2.13. The average molecular weight is 363 g/mol. The van der Waals surface area contributed by atoms with E-state index in [-0.39, 0.29) is 17.7 Å². The fourth-order valence-electron chi connectivity index (χ4n) is 4.99. The number of piperidine rings is 1. The number of hydrogen-bond donors (Lipinski definition) is 1. The lowest BCUT2D eigenvalue weighted by Crippen LogP contribution is -2.42. The number of carbonyl (C=O) groups is 1. The second-order valence-corrected chi connectivity index (χ2v) is 8.09. The van der Waals surface area contributed by atoms with Gasteiger partial charge in [-0.15, -0.1) is 0 Å². The number of hydrogen-bond acceptors (Lipinski definition) is 2. The zero-order chi connectivity index (χ0) is 18.6. The first-order valence-corrected chi connectivity index (χ1v) is 10.4. The van der Waals surface area contributed by atoms with Gasteiger partial charge >= 0.3 is 0 Å². The van der Waals surface area contributed by atoms with E-state index >= 15 is 0 Å². The predicted octanol–water partition coefficient (Wildman–Crippen LogP) is 4.20. The molecule has 0 saturated carbocycles. The van der Waals surface area contributed by atoms with Crippen molar-refractivity contribution in [1.82, 2.24) is 10.2 Å². The second kappa shape index (κ2) is 8.26. The Labute approximate surface area is 162 Å². The summed E-state index contributed by atoms with van der Waals surface area (Å²) in [5.41, 5.74) is 2.50. The number of rotatable bonds is 5. The lowest BCUT2D eigenvalue weighted by molar-refractivity contribution is -0.125. The van der Waals surface area contributed by atoms with Crippen molar-refractivity contribution < 1.29 is 4.79 Å². The van der Waals surface area contributed by atoms with Crippen molar-refractivity contribution in [2.75, 3.05) is 13.1 Å². The van der Waals surface area contributed by atoms with Gasteiger partial charge in [-0.05, 0) is 43.9 Å². The quantitative estimate of drug-likeness (QED) is 0.865. The molecule has 0 bridgehead atoms. The van der Waals surface area contributed by atoms with Gasteiger partial charge in [0.15, 0.2) is 0 Å². The summed E-state index contributed by atoms with van der Waals surface area (Å²) < 4.78 is 0. The highest BCUT2D eigenvalue weighted by Gasteiger charge is 2.42. The highest BCUT2D eigenvalue weighted by Crippen LogP contribution is 2.35. The van der Waals surface area contributed by atoms with Crippen LogP contribution in [0.2, 0.25) is 0 Å². The maximum atomic E-state index is 13.0. The van der Waals surface area contributed by atoms with Gasteiger partial charge in [0.2, 0.25) is 5.91 Å². The van der Waals surface area contributed by atoms with Crippen molar-refractivity contribution in [3.05, 3.63) is 71.8 Å². The predicted molar refractivity (Wildman–Crippen MR) is 110 cm³/mol. The van der Waals surface area contributed by atoms with Crippen LogP contribution in [0.15, 0.2) is 60.7 Å². The highest BCUT2D eigenvalue weighted by molar-refractivity contribution is 5.80. The molecule has 0 aromatic heterocycles. The summed E-state index contributed by atoms with van der Waals surface area (Å²) in [4.78, 5) is 15.6. The summed E-state index contributed by atoms with van der Waals surface area (Å²) in [7, 11) is 0. The molecule has 2 aliphatic heterocycles. The maximum absolute atomic E-state index is 13.0. The van der Waals surface area contributed by atoms with Crippen molar-refractivity contribution in [1.29, 1.82) is 0 Å². The molecule has 2 fully saturated rings. The summed E-state index contributed by atoms with van der Waals surface area (Å²) in [6.45, 7) is 4.05. The van der Waals surface area contributed by atoms with Crippen LogP contribution in [-0.2, 0) is 4.79 Å². The van der Waals surface area contributed by atoms with Crippen LogP contribution in [0.3, 0.4) is 0 Å². The van der Waals surface area contributed by atoms with Gasteiger partial charge in [-0.1, -0.05) is 67.1 Å². The molecule has 2 heterocycles. The minimum absolute atomic E-state index is 0.125. The number of nitrogens with zero attached hydrogens (tertiary/aromatic N) is 1. The molecule has 3 nitrogen and oxygen atoms in total. The van der Waals surface area contributed by atoms with E-state index in [1.807, 2.05) is 12.1 Å². The fourth-order valence-corrected chi connectivity index (χ4v) is 4.99. The SMILES string of the molecule is C[C@H]1[C@@H](C(=O)NCC(c2ccccc2)c2ccccc2)C[C@H]2CCCCN21. The van der Waals surface area contributed by atoms with Crippen LogP contribution in [0.4, 0.5) is 0 Å². The molecule has 0 unspecified atom stereocenters. The Kier molecular flexibility index (Phi) is 5.58. The molecule has 2 aliphatic rings. The Morgan fingerprint density at radius 2 is 1.67 bits per heavy atom. The standard InChI is InChI=1S/C24H30N2O/c1-18-22(16-21-14-8-9-15-26(18)21)24(27)25-17-23(19-10-4-2-5-11-19)20-12-6-3-7-13-20/h2-7,10-13,18,21-23H,8-9,14-17H2,1H3,(H,25,27)/t18-,21+,22-/m0/s1. The third kappa shape index (κ3) is 3.93. The van der Waals surface area contributed by atoms with E-state index in [0.29, 0.717) is 18.6 Å². The third-order valence-electron chi connectivity index (χ3n) is 6.53. The van der Waals surface area contributed by atoms with Gasteiger partial charge in [-0.3, -0.25) is 9.69 Å². The molecule has 2 saturated heterocycles. The summed E-state index contributed by atoms with van der Waals surface area (Å²) in [5.74, 6) is 0.546. The van der Waals surface area contributed by atoms with Crippen molar-refractivity contribution in [2.45, 2.75) is 50.6 Å². The van der Waals surface area contributed by atoms with E-state index in [9.17, 15) is 4.79 Å². The molecule has 0 spiro atoms. The molecule has 1 amide bonds. The van der Waals surface area contributed by atoms with E-state index in [1.165, 1.54) is 30.4 Å². The van der Waals surface area contributed by atoms with Crippen molar-refractivity contribution in [3.8, 4) is 0 Å². The van der Waals surface area contributed by atoms with Crippen molar-refractivity contribution in [2.24, 2.45) is 5.92 Å². The van der Waals surface area contributed by atoms with Crippen LogP contribution in [0.25, 0.3) is 0 Å². The second-order valence-electron chi connectivity index (χ2n) is 8.09. The first-order valence-electron chi connectivity index (χ1n) is 10.4. The molecule has 3 heteroatoms. The lowest BCUT2D eigenvalue weighted by Gasteiger charge is -2.32. The molecule has 27 heavy (non-hydrogen) atoms. The molecule has 1 N–H and O–H groups in total. The third-order valence-corrected chi connectivity index (χ3v) is 6.53. The molecule has 3 atom stereocenters. The largest absolute Gasteiger partial charge is 0.355 e. The van der Waals surface area contributed by atoms with Crippen molar-refractivity contribution >= 4 is 5.91 Å². The number of fused-ring (bicyclic) bond motifs is 1. The van der Waals surface area contributed by atoms with Gasteiger partial charge in [0.05, 0.1) is 5.92 Å². The lowest BCUT2D eigenvalue weighted by atomic mass is 9.90. The van der Waals surface area contributed by atoms with Gasteiger partial charge in [-0.25, -0.2) is 0 Å². The van der Waals surface area contributed by atoms with Crippen LogP contribution >= 0.6 is 0 Å². The fraction of sp³-hybridized carbons (Fsp3) is 0.458. The molecule has 4 rings (SSSR count). The highest BCUT2D eigenvalue weighted by atomic mass is 16.2. The molecular weight excluding hydrogens is 332 g/mol. The number of carbonyl (C=O) groups excluding carboxylic acids is 1. The van der Waals surface area contributed by atoms with Gasteiger partial charge in [-0.2, -0.15) is 0 Å². The zero-order valence-corrected chi connectivity index (χ0v) is 16.2. The summed E-state index contributed by atoms with van der Waals surface area (Å²) in [5, 5.41) is 3.30. The van der Waals surface area contributed by atoms with E-state index in [2.05, 4.69) is 65.7 Å². The van der Waals surface area contributed by atoms with Crippen LogP contribution < -0.4 is 5.32 Å². The summed E-state index contributed by atoms with van der Waals surface area (Å²) >= 11 is 0. The molecule has 0 radical (unpaired) electrons. The monoisotopic (exact) mass is 362 g/mol. The first-order chi connectivity index (χ1) is 13.2. The molecule has 142 valence electrons. The van der Waals surface area contributed by atoms with E-state index in [0.717, 1.165) is 13.0 Å². The van der Waals surface area contributed by atoms with Gasteiger partial charge < -0.3 is 5.32 Å². The van der Waals surface area contributed by atoms with E-state index < -0.39 is 0 Å². The average Bonchev–Trinajstić information content (AvgIpc) is 3.07. The normalized spacial score (nSPS) is 25.3. The molecule has 2 aromatic carbocycles. The van der Waals surface area contributed by atoms with Crippen LogP contribution in [0.1, 0.15) is 49.7 Å². The van der Waals surface area contributed by atoms with E-state index in [1.54, 1.807) is 0 Å². The smallest absolute Gasteiger partial charge is 0.224 e. The summed E-state index contributed by atoms with van der Waals surface area (Å²) in [6.07, 6.45) is 4.87. The maximum Gasteiger partial charge on any atom is 0.224 e. The minimum atomic E-state index is 0.125. The Bertz CT molecular complexity index is 706. The van der Waals surface area contributed by atoms with Gasteiger partial charge in [0.25, 0.3) is 0 Å². The van der Waals surface area contributed by atoms with Crippen LogP contribution in [0, 0.1) is 5.92 Å². The Morgan fingerprint density at radius 3 is 2.26 bits per heavy atom. The Balaban J connectivity index is 1.46. The minimum Gasteiger partial charge on any atom is -0.355 e. The van der Waals surface area contributed by atoms with E-state index in [4.69, 9.17) is 0 Å². The number of amides is 1. The van der Waals surface area contributed by atoms with Crippen LogP contribution in [-0.4, -0.2) is 36.0 Å². The summed E-state index contributed by atoms with van der Waals surface area (Å²) in [6, 6.07) is 22.0. The van der Waals surface area contributed by atoms with Crippen LogP contribution in [0.5, 0.6) is 0 Å². The number of benzene rings is 2. The molecular formula is C24H30N2O. The topological polar surface area (TPSA) is 32.3 Å².